The van der Waals surface area contributed by atoms with Gasteiger partial charge in [0.1, 0.15) is 5.75 Å². The Hall–Kier alpha value is -4.14. The highest BCUT2D eigenvalue weighted by Gasteiger charge is 2.17. The van der Waals surface area contributed by atoms with Gasteiger partial charge in [0.15, 0.2) is 5.82 Å². The van der Waals surface area contributed by atoms with Crippen molar-refractivity contribution >= 4 is 22.7 Å². The molecule has 0 fully saturated rings. The zero-order valence-electron chi connectivity index (χ0n) is 17.6. The lowest BCUT2D eigenvalue weighted by molar-refractivity contribution is -0.120. The minimum absolute atomic E-state index is 0.0687. The van der Waals surface area contributed by atoms with Crippen LogP contribution in [0, 0.1) is 0 Å². The van der Waals surface area contributed by atoms with Crippen LogP contribution >= 0.6 is 0 Å². The molecule has 2 aromatic heterocycles. The zero-order chi connectivity index (χ0) is 22.3. The van der Waals surface area contributed by atoms with E-state index in [1.54, 1.807) is 7.11 Å². The van der Waals surface area contributed by atoms with Gasteiger partial charge < -0.3 is 24.9 Å². The van der Waals surface area contributed by atoms with Crippen LogP contribution in [0.3, 0.4) is 0 Å². The van der Waals surface area contributed by atoms with Crippen LogP contribution in [0.5, 0.6) is 5.75 Å². The molecule has 0 radical (unpaired) electrons. The van der Waals surface area contributed by atoms with Gasteiger partial charge in [-0.25, -0.2) is 0 Å². The largest absolute Gasteiger partial charge is 0.497 e. The lowest BCUT2D eigenvalue weighted by Crippen LogP contribution is -2.26. The van der Waals surface area contributed by atoms with Crippen molar-refractivity contribution in [2.45, 2.75) is 19.4 Å². The van der Waals surface area contributed by atoms with Gasteiger partial charge in [-0.2, -0.15) is 4.98 Å². The number of fused-ring (bicyclic) bond motifs is 1. The fourth-order valence-electron chi connectivity index (χ4n) is 3.30. The second-order valence-corrected chi connectivity index (χ2v) is 7.19. The topological polar surface area (TPSA) is 122 Å². The van der Waals surface area contributed by atoms with Crippen molar-refractivity contribution < 1.29 is 18.8 Å². The summed E-state index contributed by atoms with van der Waals surface area (Å²) >= 11 is 0. The van der Waals surface area contributed by atoms with Crippen molar-refractivity contribution in [2.75, 3.05) is 13.7 Å². The second kappa shape index (κ2) is 9.78. The van der Waals surface area contributed by atoms with Crippen LogP contribution in [0.4, 0.5) is 0 Å². The Morgan fingerprint density at radius 2 is 1.97 bits per heavy atom. The highest BCUT2D eigenvalue weighted by Crippen LogP contribution is 2.23. The minimum atomic E-state index is -0.481. The number of H-pyrrole nitrogens is 1. The van der Waals surface area contributed by atoms with Crippen LogP contribution in [0.1, 0.15) is 27.6 Å². The summed E-state index contributed by atoms with van der Waals surface area (Å²) in [6.45, 7) is 0.794. The van der Waals surface area contributed by atoms with E-state index in [1.165, 1.54) is 0 Å². The summed E-state index contributed by atoms with van der Waals surface area (Å²) in [7, 11) is 1.62. The molecule has 0 atom stereocenters. The molecule has 0 unspecified atom stereocenters. The highest BCUT2D eigenvalue weighted by atomic mass is 16.5. The van der Waals surface area contributed by atoms with Gasteiger partial charge in [0.2, 0.25) is 5.91 Å². The molecule has 0 bridgehead atoms. The van der Waals surface area contributed by atoms with Crippen molar-refractivity contribution in [3.63, 3.8) is 0 Å². The third-order valence-corrected chi connectivity index (χ3v) is 4.97. The maximum Gasteiger partial charge on any atom is 0.315 e. The first-order valence-corrected chi connectivity index (χ1v) is 10.2. The average molecular weight is 433 g/mol. The number of hydrogen-bond donors (Lipinski definition) is 3. The highest BCUT2D eigenvalue weighted by molar-refractivity contribution is 5.89. The van der Waals surface area contributed by atoms with Crippen molar-refractivity contribution in [3.8, 4) is 5.75 Å². The zero-order valence-corrected chi connectivity index (χ0v) is 17.6. The minimum Gasteiger partial charge on any atom is -0.497 e. The van der Waals surface area contributed by atoms with E-state index < -0.39 is 5.91 Å². The molecule has 0 aliphatic heterocycles. The van der Waals surface area contributed by atoms with Gasteiger partial charge in [0.25, 0.3) is 0 Å². The number of ether oxygens (including phenoxy) is 1. The molecule has 0 saturated heterocycles. The first-order valence-electron chi connectivity index (χ1n) is 10.2. The Labute approximate surface area is 184 Å². The van der Waals surface area contributed by atoms with Crippen molar-refractivity contribution in [1.29, 1.82) is 0 Å². The van der Waals surface area contributed by atoms with Crippen molar-refractivity contribution in [1.82, 2.24) is 25.8 Å². The van der Waals surface area contributed by atoms with E-state index >= 15 is 0 Å². The fourth-order valence-corrected chi connectivity index (χ4v) is 3.30. The van der Waals surface area contributed by atoms with Crippen LogP contribution in [0.2, 0.25) is 0 Å². The molecule has 0 saturated carbocycles. The van der Waals surface area contributed by atoms with Crippen LogP contribution in [-0.2, 0) is 24.2 Å². The molecule has 4 rings (SSSR count). The van der Waals surface area contributed by atoms with Crippen LogP contribution in [0.15, 0.2) is 59.3 Å². The number of carbonyl (C=O) groups excluding carboxylic acids is 2. The normalized spacial score (nSPS) is 10.8. The monoisotopic (exact) mass is 433 g/mol. The average Bonchev–Trinajstić information content (AvgIpc) is 3.45. The summed E-state index contributed by atoms with van der Waals surface area (Å²) in [6, 6.07) is 15.4. The number of nitrogens with zero attached hydrogens (tertiary/aromatic N) is 2. The van der Waals surface area contributed by atoms with Gasteiger partial charge >= 0.3 is 11.8 Å². The predicted octanol–water partition coefficient (Wildman–Crippen LogP) is 2.39. The lowest BCUT2D eigenvalue weighted by Gasteiger charge is -2.03. The molecule has 9 heteroatoms. The molecular weight excluding hydrogens is 410 g/mol. The van der Waals surface area contributed by atoms with Gasteiger partial charge in [-0.3, -0.25) is 9.59 Å². The fraction of sp³-hybridized carbons (Fsp3) is 0.217. The number of carbonyl (C=O) groups is 2. The number of rotatable bonds is 9. The summed E-state index contributed by atoms with van der Waals surface area (Å²) in [5.74, 6) is 0.0247. The molecule has 4 aromatic rings. The second-order valence-electron chi connectivity index (χ2n) is 7.19. The van der Waals surface area contributed by atoms with E-state index in [2.05, 4.69) is 25.8 Å². The standard InChI is InChI=1S/C23H23N5O4/c1-31-17-7-8-19-18(11-17)16(14-25-19)9-10-24-22(30)23-27-20(28-32-23)12-21(29)26-13-15-5-3-2-4-6-15/h2-8,11,14,25H,9-10,12-13H2,1H3,(H,24,30)(H,26,29). The van der Waals surface area contributed by atoms with E-state index in [0.717, 1.165) is 27.8 Å². The summed E-state index contributed by atoms with van der Waals surface area (Å²) < 4.78 is 10.3. The molecule has 0 aliphatic rings. The number of aromatic amines is 1. The number of nitrogens with one attached hydrogen (secondary N) is 3. The smallest absolute Gasteiger partial charge is 0.315 e. The third-order valence-electron chi connectivity index (χ3n) is 4.97. The van der Waals surface area contributed by atoms with Crippen molar-refractivity contribution in [3.05, 3.63) is 77.6 Å². The van der Waals surface area contributed by atoms with Gasteiger partial charge in [-0.1, -0.05) is 35.5 Å². The van der Waals surface area contributed by atoms with Gasteiger partial charge in [0.05, 0.1) is 13.5 Å². The molecule has 2 aromatic carbocycles. The number of aromatic nitrogens is 3. The number of benzene rings is 2. The van der Waals surface area contributed by atoms with Crippen molar-refractivity contribution in [2.24, 2.45) is 0 Å². The number of methoxy groups -OCH3 is 1. The quantitative estimate of drug-likeness (QED) is 0.373. The predicted molar refractivity (Wildman–Crippen MR) is 117 cm³/mol. The number of hydrogen-bond acceptors (Lipinski definition) is 6. The Morgan fingerprint density at radius 3 is 2.78 bits per heavy atom. The molecular formula is C23H23N5O4. The number of amides is 2. The Kier molecular flexibility index (Phi) is 6.45. The van der Waals surface area contributed by atoms with Gasteiger partial charge in [-0.05, 0) is 35.7 Å². The molecule has 32 heavy (non-hydrogen) atoms. The summed E-state index contributed by atoms with van der Waals surface area (Å²) in [6.07, 6.45) is 2.46. The first kappa shape index (κ1) is 21.1. The summed E-state index contributed by atoms with van der Waals surface area (Å²) in [5.41, 5.74) is 3.04. The first-order chi connectivity index (χ1) is 15.6. The third kappa shape index (κ3) is 5.12. The Balaban J connectivity index is 1.26. The lowest BCUT2D eigenvalue weighted by atomic mass is 10.1. The van der Waals surface area contributed by atoms with Gasteiger partial charge in [0, 0.05) is 30.2 Å². The molecule has 0 aliphatic carbocycles. The molecule has 2 amide bonds. The van der Waals surface area contributed by atoms with E-state index in [0.29, 0.717) is 19.5 Å². The molecule has 9 nitrogen and oxygen atoms in total. The maximum absolute atomic E-state index is 12.3. The van der Waals surface area contributed by atoms with Crippen LogP contribution < -0.4 is 15.4 Å². The summed E-state index contributed by atoms with van der Waals surface area (Å²) in [5, 5.41) is 10.3. The van der Waals surface area contributed by atoms with E-state index in [1.807, 2.05) is 54.7 Å². The maximum atomic E-state index is 12.3. The SMILES string of the molecule is COc1ccc2[nH]cc(CCNC(=O)c3nc(CC(=O)NCc4ccccc4)no3)c2c1. The van der Waals surface area contributed by atoms with Crippen LogP contribution in [-0.4, -0.2) is 40.6 Å². The summed E-state index contributed by atoms with van der Waals surface area (Å²) in [4.78, 5) is 31.6. The molecule has 3 N–H and O–H groups in total. The van der Waals surface area contributed by atoms with E-state index in [9.17, 15) is 9.59 Å². The van der Waals surface area contributed by atoms with Crippen LogP contribution in [0.25, 0.3) is 10.9 Å². The van der Waals surface area contributed by atoms with E-state index in [4.69, 9.17) is 9.26 Å². The Bertz CT molecular complexity index is 1220. The molecule has 2 heterocycles. The molecule has 0 spiro atoms. The molecule has 164 valence electrons. The van der Waals surface area contributed by atoms with Gasteiger partial charge in [-0.15, -0.1) is 0 Å². The van der Waals surface area contributed by atoms with E-state index in [-0.39, 0.29) is 24.0 Å². The Morgan fingerprint density at radius 1 is 1.12 bits per heavy atom.